The number of nitrogens with zero attached hydrogens (tertiary/aromatic N) is 1. The molecule has 2 rings (SSSR count). The third kappa shape index (κ3) is 2.71. The first-order valence-electron chi connectivity index (χ1n) is 5.68. The number of morpholine rings is 1. The minimum atomic E-state index is -0.645. The Hall–Kier alpha value is -1.68. The Labute approximate surface area is 100 Å². The highest BCUT2D eigenvalue weighted by Gasteiger charge is 2.12. The largest absolute Gasteiger partial charge is 0.378 e. The molecule has 0 aromatic heterocycles. The lowest BCUT2D eigenvalue weighted by Gasteiger charge is -2.29. The van der Waals surface area contributed by atoms with Crippen LogP contribution in [-0.4, -0.2) is 38.9 Å². The lowest BCUT2D eigenvalue weighted by Crippen LogP contribution is -2.36. The first-order valence-corrected chi connectivity index (χ1v) is 5.68. The normalized spacial score (nSPS) is 15.9. The third-order valence-corrected chi connectivity index (χ3v) is 2.95. The molecule has 1 aromatic rings. The van der Waals surface area contributed by atoms with Gasteiger partial charge >= 0.3 is 0 Å². The Bertz CT molecular complexity index is 374. The number of rotatable bonds is 4. The summed E-state index contributed by atoms with van der Waals surface area (Å²) in [6.07, 6.45) is 1.33. The van der Waals surface area contributed by atoms with Gasteiger partial charge in [-0.2, -0.15) is 0 Å². The van der Waals surface area contributed by atoms with Gasteiger partial charge in [-0.05, 0) is 17.7 Å². The molecule has 0 atom stereocenters. The summed E-state index contributed by atoms with van der Waals surface area (Å²) in [5.41, 5.74) is 1.85. The highest BCUT2D eigenvalue weighted by atomic mass is 16.5. The van der Waals surface area contributed by atoms with Crippen molar-refractivity contribution in [3.63, 3.8) is 0 Å². The molecule has 0 spiro atoms. The number of hydrogen-bond acceptors (Lipinski definition) is 4. The molecule has 1 aliphatic heterocycles. The first kappa shape index (κ1) is 11.8. The smallest absolute Gasteiger partial charge is 0.134 e. The van der Waals surface area contributed by atoms with E-state index in [1.54, 1.807) is 0 Å². The van der Waals surface area contributed by atoms with Gasteiger partial charge in [-0.3, -0.25) is 0 Å². The maximum Gasteiger partial charge on any atom is 0.134 e. The molecule has 0 N–H and O–H groups in total. The summed E-state index contributed by atoms with van der Waals surface area (Å²) in [5.74, 6) is -0.645. The van der Waals surface area contributed by atoms with E-state index in [1.807, 2.05) is 24.3 Å². The maximum absolute atomic E-state index is 10.7. The molecule has 0 unspecified atom stereocenters. The van der Waals surface area contributed by atoms with Crippen molar-refractivity contribution in [1.29, 1.82) is 0 Å². The van der Waals surface area contributed by atoms with Crippen molar-refractivity contribution >= 4 is 18.3 Å². The lowest BCUT2D eigenvalue weighted by atomic mass is 10.0. The second-order valence-electron chi connectivity index (χ2n) is 3.99. The quantitative estimate of drug-likeness (QED) is 0.575. The van der Waals surface area contributed by atoms with E-state index in [4.69, 9.17) is 4.74 Å². The van der Waals surface area contributed by atoms with E-state index in [1.165, 1.54) is 0 Å². The summed E-state index contributed by atoms with van der Waals surface area (Å²) in [5, 5.41) is 0. The van der Waals surface area contributed by atoms with Crippen LogP contribution in [0.25, 0.3) is 0 Å². The average molecular weight is 233 g/mol. The predicted molar refractivity (Wildman–Crippen MR) is 64.3 cm³/mol. The van der Waals surface area contributed by atoms with E-state index in [0.717, 1.165) is 37.6 Å². The topological polar surface area (TPSA) is 46.6 Å². The second kappa shape index (κ2) is 5.59. The molecule has 90 valence electrons. The van der Waals surface area contributed by atoms with Gasteiger partial charge in [0.1, 0.15) is 12.6 Å². The number of anilines is 1. The number of carbonyl (C=O) groups is 2. The number of benzene rings is 1. The van der Waals surface area contributed by atoms with Gasteiger partial charge in [0.15, 0.2) is 0 Å². The van der Waals surface area contributed by atoms with Crippen molar-refractivity contribution in [1.82, 2.24) is 0 Å². The Kier molecular flexibility index (Phi) is 3.88. The second-order valence-corrected chi connectivity index (χ2v) is 3.99. The van der Waals surface area contributed by atoms with Crippen LogP contribution in [0.3, 0.4) is 0 Å². The van der Waals surface area contributed by atoms with Crippen molar-refractivity contribution in [2.75, 3.05) is 31.2 Å². The molecule has 0 amide bonds. The molecule has 1 fully saturated rings. The summed E-state index contributed by atoms with van der Waals surface area (Å²) >= 11 is 0. The van der Waals surface area contributed by atoms with Crippen LogP contribution >= 0.6 is 0 Å². The molecular formula is C13H15NO3. The van der Waals surface area contributed by atoms with Crippen molar-refractivity contribution in [3.05, 3.63) is 29.8 Å². The standard InChI is InChI=1S/C13H15NO3/c15-9-12(10-16)11-1-3-13(4-2-11)14-5-7-17-8-6-14/h1-4,9-10,12H,5-8H2. The van der Waals surface area contributed by atoms with Crippen molar-refractivity contribution in [2.45, 2.75) is 5.92 Å². The fraction of sp³-hybridized carbons (Fsp3) is 0.385. The minimum Gasteiger partial charge on any atom is -0.378 e. The van der Waals surface area contributed by atoms with Crippen molar-refractivity contribution in [2.24, 2.45) is 0 Å². The molecule has 1 saturated heterocycles. The Morgan fingerprint density at radius 2 is 1.65 bits per heavy atom. The van der Waals surface area contributed by atoms with E-state index < -0.39 is 5.92 Å². The van der Waals surface area contributed by atoms with E-state index in [2.05, 4.69) is 4.90 Å². The number of aldehydes is 2. The zero-order valence-electron chi connectivity index (χ0n) is 9.54. The van der Waals surface area contributed by atoms with Crippen LogP contribution in [0, 0.1) is 0 Å². The summed E-state index contributed by atoms with van der Waals surface area (Å²) in [6.45, 7) is 3.24. The zero-order valence-corrected chi connectivity index (χ0v) is 9.54. The Morgan fingerprint density at radius 3 is 2.18 bits per heavy atom. The van der Waals surface area contributed by atoms with Crippen LogP contribution in [0.4, 0.5) is 5.69 Å². The van der Waals surface area contributed by atoms with Crippen LogP contribution in [-0.2, 0) is 14.3 Å². The van der Waals surface area contributed by atoms with Crippen LogP contribution in [0.5, 0.6) is 0 Å². The van der Waals surface area contributed by atoms with Gasteiger partial charge in [0.05, 0.1) is 19.1 Å². The van der Waals surface area contributed by atoms with Gasteiger partial charge in [-0.15, -0.1) is 0 Å². The number of ether oxygens (including phenoxy) is 1. The van der Waals surface area contributed by atoms with E-state index >= 15 is 0 Å². The Balaban J connectivity index is 2.11. The van der Waals surface area contributed by atoms with Gasteiger partial charge in [-0.1, -0.05) is 12.1 Å². The lowest BCUT2D eigenvalue weighted by molar-refractivity contribution is -0.116. The highest BCUT2D eigenvalue weighted by Crippen LogP contribution is 2.19. The maximum atomic E-state index is 10.7. The highest BCUT2D eigenvalue weighted by molar-refractivity contribution is 5.85. The molecule has 4 nitrogen and oxygen atoms in total. The van der Waals surface area contributed by atoms with Crippen LogP contribution < -0.4 is 4.90 Å². The predicted octanol–water partition coefficient (Wildman–Crippen LogP) is 1.00. The summed E-state index contributed by atoms with van der Waals surface area (Å²) in [6, 6.07) is 7.55. The molecule has 1 aliphatic rings. The molecule has 17 heavy (non-hydrogen) atoms. The molecule has 0 bridgehead atoms. The fourth-order valence-corrected chi connectivity index (χ4v) is 1.92. The van der Waals surface area contributed by atoms with Gasteiger partial charge < -0.3 is 19.2 Å². The number of carbonyl (C=O) groups excluding carboxylic acids is 2. The van der Waals surface area contributed by atoms with E-state index in [0.29, 0.717) is 12.6 Å². The van der Waals surface area contributed by atoms with Gasteiger partial charge in [0.25, 0.3) is 0 Å². The monoisotopic (exact) mass is 233 g/mol. The van der Waals surface area contributed by atoms with Crippen LogP contribution in [0.1, 0.15) is 11.5 Å². The molecule has 1 heterocycles. The molecule has 0 aliphatic carbocycles. The van der Waals surface area contributed by atoms with Gasteiger partial charge in [0.2, 0.25) is 0 Å². The van der Waals surface area contributed by atoms with Crippen LogP contribution in [0.2, 0.25) is 0 Å². The molecule has 0 saturated carbocycles. The average Bonchev–Trinajstić information content (AvgIpc) is 2.42. The van der Waals surface area contributed by atoms with Crippen molar-refractivity contribution < 1.29 is 14.3 Å². The first-order chi connectivity index (χ1) is 8.35. The van der Waals surface area contributed by atoms with E-state index in [9.17, 15) is 9.59 Å². The third-order valence-electron chi connectivity index (χ3n) is 2.95. The van der Waals surface area contributed by atoms with Crippen molar-refractivity contribution in [3.8, 4) is 0 Å². The SMILES string of the molecule is O=CC(C=O)c1ccc(N2CCOCC2)cc1. The molecule has 4 heteroatoms. The summed E-state index contributed by atoms with van der Waals surface area (Å²) in [7, 11) is 0. The minimum absolute atomic E-state index is 0.645. The Morgan fingerprint density at radius 1 is 1.06 bits per heavy atom. The van der Waals surface area contributed by atoms with Gasteiger partial charge in [-0.25, -0.2) is 0 Å². The molecular weight excluding hydrogens is 218 g/mol. The summed E-state index contributed by atoms with van der Waals surface area (Å²) < 4.78 is 5.28. The fourth-order valence-electron chi connectivity index (χ4n) is 1.92. The zero-order chi connectivity index (χ0) is 12.1. The summed E-state index contributed by atoms with van der Waals surface area (Å²) in [4.78, 5) is 23.6. The molecule has 1 aromatic carbocycles. The van der Waals surface area contributed by atoms with E-state index in [-0.39, 0.29) is 0 Å². The van der Waals surface area contributed by atoms with Gasteiger partial charge in [0, 0.05) is 18.8 Å². The molecule has 0 radical (unpaired) electrons. The van der Waals surface area contributed by atoms with Crippen LogP contribution in [0.15, 0.2) is 24.3 Å². The number of hydrogen-bond donors (Lipinski definition) is 0.